The van der Waals surface area contributed by atoms with Gasteiger partial charge in [0.2, 0.25) is 0 Å². The lowest BCUT2D eigenvalue weighted by atomic mass is 10.2. The van der Waals surface area contributed by atoms with E-state index in [0.717, 1.165) is 56.1 Å². The van der Waals surface area contributed by atoms with Gasteiger partial charge < -0.3 is 9.64 Å². The van der Waals surface area contributed by atoms with E-state index in [0.29, 0.717) is 5.02 Å². The molecular formula is C15H19ClN4O. The van der Waals surface area contributed by atoms with E-state index < -0.39 is 0 Å². The van der Waals surface area contributed by atoms with Gasteiger partial charge in [-0.1, -0.05) is 11.6 Å². The van der Waals surface area contributed by atoms with E-state index in [-0.39, 0.29) is 0 Å². The van der Waals surface area contributed by atoms with Crippen LogP contribution in [-0.4, -0.2) is 61.3 Å². The predicted octanol–water partition coefficient (Wildman–Crippen LogP) is 2.05. The molecule has 1 aromatic carbocycles. The number of hydrogen-bond donors (Lipinski definition) is 0. The van der Waals surface area contributed by atoms with Crippen LogP contribution in [0.15, 0.2) is 24.5 Å². The Hall–Kier alpha value is -1.43. The van der Waals surface area contributed by atoms with Gasteiger partial charge in [-0.25, -0.2) is 9.97 Å². The van der Waals surface area contributed by atoms with Crippen molar-refractivity contribution in [1.29, 1.82) is 0 Å². The number of ether oxygens (including phenoxy) is 1. The van der Waals surface area contributed by atoms with Gasteiger partial charge in [-0.2, -0.15) is 0 Å². The predicted molar refractivity (Wildman–Crippen MR) is 85.1 cm³/mol. The maximum Gasteiger partial charge on any atom is 0.139 e. The molecule has 1 saturated heterocycles. The summed E-state index contributed by atoms with van der Waals surface area (Å²) in [6.45, 7) is 5.78. The van der Waals surface area contributed by atoms with Gasteiger partial charge in [-0.05, 0) is 18.2 Å². The van der Waals surface area contributed by atoms with E-state index in [1.165, 1.54) is 0 Å². The minimum atomic E-state index is 0.705. The zero-order valence-electron chi connectivity index (χ0n) is 12.1. The van der Waals surface area contributed by atoms with Crippen LogP contribution < -0.4 is 4.90 Å². The van der Waals surface area contributed by atoms with E-state index in [1.54, 1.807) is 13.4 Å². The first-order valence-corrected chi connectivity index (χ1v) is 7.52. The summed E-state index contributed by atoms with van der Waals surface area (Å²) in [5, 5.41) is 1.77. The van der Waals surface area contributed by atoms with Gasteiger partial charge >= 0.3 is 0 Å². The van der Waals surface area contributed by atoms with Crippen LogP contribution in [0.5, 0.6) is 0 Å². The highest BCUT2D eigenvalue weighted by atomic mass is 35.5. The molecule has 0 bridgehead atoms. The van der Waals surface area contributed by atoms with Crippen molar-refractivity contribution in [3.8, 4) is 0 Å². The molecule has 1 aliphatic rings. The lowest BCUT2D eigenvalue weighted by Gasteiger charge is -2.35. The second-order valence-corrected chi connectivity index (χ2v) is 5.62. The number of rotatable bonds is 4. The Labute approximate surface area is 129 Å². The molecule has 21 heavy (non-hydrogen) atoms. The molecule has 2 heterocycles. The van der Waals surface area contributed by atoms with Crippen LogP contribution in [0.2, 0.25) is 5.02 Å². The number of piperazine rings is 1. The first kappa shape index (κ1) is 14.5. The summed E-state index contributed by atoms with van der Waals surface area (Å²) < 4.78 is 5.14. The summed E-state index contributed by atoms with van der Waals surface area (Å²) in [7, 11) is 1.74. The molecule has 6 heteroatoms. The molecule has 112 valence electrons. The van der Waals surface area contributed by atoms with Crippen LogP contribution in [-0.2, 0) is 4.74 Å². The molecule has 0 radical (unpaired) electrons. The second kappa shape index (κ2) is 6.56. The monoisotopic (exact) mass is 306 g/mol. The maximum absolute atomic E-state index is 6.03. The summed E-state index contributed by atoms with van der Waals surface area (Å²) in [5.74, 6) is 1.00. The third kappa shape index (κ3) is 3.26. The maximum atomic E-state index is 6.03. The van der Waals surface area contributed by atoms with Crippen LogP contribution in [0.4, 0.5) is 5.82 Å². The Bertz CT molecular complexity index is 614. The van der Waals surface area contributed by atoms with Crippen molar-refractivity contribution in [2.75, 3.05) is 51.3 Å². The number of nitrogens with zero attached hydrogens (tertiary/aromatic N) is 4. The normalized spacial score (nSPS) is 16.6. The SMILES string of the molecule is COCCN1CCN(c2ncnc3cc(Cl)ccc23)CC1. The second-order valence-electron chi connectivity index (χ2n) is 5.18. The van der Waals surface area contributed by atoms with Crippen LogP contribution in [0.25, 0.3) is 10.9 Å². The van der Waals surface area contributed by atoms with Gasteiger partial charge in [0.15, 0.2) is 0 Å². The number of hydrogen-bond acceptors (Lipinski definition) is 5. The van der Waals surface area contributed by atoms with Gasteiger partial charge in [-0.15, -0.1) is 0 Å². The number of aromatic nitrogens is 2. The third-order valence-electron chi connectivity index (χ3n) is 3.86. The average Bonchev–Trinajstić information content (AvgIpc) is 2.52. The van der Waals surface area contributed by atoms with Gasteiger partial charge in [0.1, 0.15) is 12.1 Å². The van der Waals surface area contributed by atoms with Crippen molar-refractivity contribution >= 4 is 28.3 Å². The Balaban J connectivity index is 1.76. The minimum absolute atomic E-state index is 0.705. The molecule has 1 fully saturated rings. The summed E-state index contributed by atoms with van der Waals surface area (Å²) in [6.07, 6.45) is 1.62. The van der Waals surface area contributed by atoms with Gasteiger partial charge in [-0.3, -0.25) is 4.90 Å². The molecule has 0 spiro atoms. The highest BCUT2D eigenvalue weighted by Gasteiger charge is 2.19. The number of methoxy groups -OCH3 is 1. The highest BCUT2D eigenvalue weighted by Crippen LogP contribution is 2.26. The van der Waals surface area contributed by atoms with Gasteiger partial charge in [0, 0.05) is 50.2 Å². The van der Waals surface area contributed by atoms with Crippen molar-refractivity contribution in [2.24, 2.45) is 0 Å². The zero-order chi connectivity index (χ0) is 14.7. The van der Waals surface area contributed by atoms with Crippen LogP contribution in [0, 0.1) is 0 Å². The fourth-order valence-corrected chi connectivity index (χ4v) is 2.84. The van der Waals surface area contributed by atoms with Crippen LogP contribution >= 0.6 is 11.6 Å². The highest BCUT2D eigenvalue weighted by molar-refractivity contribution is 6.31. The molecule has 0 saturated carbocycles. The number of halogens is 1. The molecule has 5 nitrogen and oxygen atoms in total. The molecule has 1 aliphatic heterocycles. The Kier molecular flexibility index (Phi) is 4.53. The van der Waals surface area contributed by atoms with Crippen molar-refractivity contribution in [3.05, 3.63) is 29.5 Å². The summed E-state index contributed by atoms with van der Waals surface area (Å²) in [6, 6.07) is 5.78. The van der Waals surface area contributed by atoms with Crippen molar-refractivity contribution < 1.29 is 4.74 Å². The number of fused-ring (bicyclic) bond motifs is 1. The number of anilines is 1. The Morgan fingerprint density at radius 3 is 2.76 bits per heavy atom. The van der Waals surface area contributed by atoms with Crippen LogP contribution in [0.1, 0.15) is 0 Å². The standard InChI is InChI=1S/C15H19ClN4O/c1-21-9-8-19-4-6-20(7-5-19)15-13-3-2-12(16)10-14(13)17-11-18-15/h2-3,10-11H,4-9H2,1H3. The molecule has 0 aliphatic carbocycles. The molecule has 0 N–H and O–H groups in total. The van der Waals surface area contributed by atoms with Gasteiger partial charge in [0.25, 0.3) is 0 Å². The molecular weight excluding hydrogens is 288 g/mol. The molecule has 3 rings (SSSR count). The van der Waals surface area contributed by atoms with Crippen LogP contribution in [0.3, 0.4) is 0 Å². The average molecular weight is 307 g/mol. The molecule has 2 aromatic rings. The number of benzene rings is 1. The largest absolute Gasteiger partial charge is 0.383 e. The van der Waals surface area contributed by atoms with E-state index in [1.807, 2.05) is 18.2 Å². The fraction of sp³-hybridized carbons (Fsp3) is 0.467. The van der Waals surface area contributed by atoms with Gasteiger partial charge in [0.05, 0.1) is 12.1 Å². The summed E-state index contributed by atoms with van der Waals surface area (Å²) in [4.78, 5) is 13.5. The topological polar surface area (TPSA) is 41.5 Å². The summed E-state index contributed by atoms with van der Waals surface area (Å²) in [5.41, 5.74) is 0.898. The summed E-state index contributed by atoms with van der Waals surface area (Å²) >= 11 is 6.03. The van der Waals surface area contributed by atoms with Crippen molar-refractivity contribution in [3.63, 3.8) is 0 Å². The minimum Gasteiger partial charge on any atom is -0.383 e. The van der Waals surface area contributed by atoms with E-state index in [4.69, 9.17) is 16.3 Å². The zero-order valence-corrected chi connectivity index (χ0v) is 12.9. The van der Waals surface area contributed by atoms with E-state index in [9.17, 15) is 0 Å². The first-order valence-electron chi connectivity index (χ1n) is 7.14. The fourth-order valence-electron chi connectivity index (χ4n) is 2.67. The quantitative estimate of drug-likeness (QED) is 0.865. The lowest BCUT2D eigenvalue weighted by molar-refractivity contribution is 0.144. The smallest absolute Gasteiger partial charge is 0.139 e. The Morgan fingerprint density at radius 2 is 2.00 bits per heavy atom. The lowest BCUT2D eigenvalue weighted by Crippen LogP contribution is -2.47. The Morgan fingerprint density at radius 1 is 1.19 bits per heavy atom. The first-order chi connectivity index (χ1) is 10.3. The molecule has 1 aromatic heterocycles. The van der Waals surface area contributed by atoms with Crippen molar-refractivity contribution in [2.45, 2.75) is 0 Å². The molecule has 0 atom stereocenters. The van der Waals surface area contributed by atoms with Crippen molar-refractivity contribution in [1.82, 2.24) is 14.9 Å². The molecule has 0 unspecified atom stereocenters. The third-order valence-corrected chi connectivity index (χ3v) is 4.10. The van der Waals surface area contributed by atoms with E-state index in [2.05, 4.69) is 19.8 Å². The molecule has 0 amide bonds. The van der Waals surface area contributed by atoms with E-state index >= 15 is 0 Å².